The largest absolute Gasteiger partial charge is 0.397 e. The van der Waals surface area contributed by atoms with Gasteiger partial charge in [-0.25, -0.2) is 0 Å². The minimum absolute atomic E-state index is 0.486. The van der Waals surface area contributed by atoms with Crippen molar-refractivity contribution in [1.82, 2.24) is 4.98 Å². The molecule has 0 saturated carbocycles. The monoisotopic (exact) mass is 245 g/mol. The highest BCUT2D eigenvalue weighted by atomic mass is 14.6. The van der Waals surface area contributed by atoms with E-state index in [1.165, 1.54) is 0 Å². The van der Waals surface area contributed by atoms with E-state index in [-0.39, 0.29) is 0 Å². The molecule has 2 N–H and O–H groups in total. The Labute approximate surface area is 110 Å². The van der Waals surface area contributed by atoms with Crippen LogP contribution in [0.1, 0.15) is 5.56 Å². The molecule has 3 nitrogen and oxygen atoms in total. The van der Waals surface area contributed by atoms with Crippen molar-refractivity contribution in [1.29, 1.82) is 5.26 Å². The molecule has 1 aromatic heterocycles. The molecule has 3 rings (SSSR count). The van der Waals surface area contributed by atoms with Crippen LogP contribution in [0.5, 0.6) is 0 Å². The molecule has 0 unspecified atom stereocenters. The summed E-state index contributed by atoms with van der Waals surface area (Å²) in [6.45, 7) is 0. The van der Waals surface area contributed by atoms with E-state index in [2.05, 4.69) is 11.1 Å². The van der Waals surface area contributed by atoms with Crippen LogP contribution in [0, 0.1) is 11.3 Å². The van der Waals surface area contributed by atoms with Gasteiger partial charge in [0.2, 0.25) is 0 Å². The minimum Gasteiger partial charge on any atom is -0.397 e. The van der Waals surface area contributed by atoms with Crippen molar-refractivity contribution in [2.24, 2.45) is 0 Å². The van der Waals surface area contributed by atoms with Crippen LogP contribution in [-0.2, 0) is 0 Å². The lowest BCUT2D eigenvalue weighted by Crippen LogP contribution is -1.95. The highest BCUT2D eigenvalue weighted by molar-refractivity contribution is 6.04. The number of aromatic nitrogens is 1. The molecule has 2 aromatic carbocycles. The van der Waals surface area contributed by atoms with E-state index in [0.717, 1.165) is 21.9 Å². The molecular weight excluding hydrogens is 234 g/mol. The zero-order valence-corrected chi connectivity index (χ0v) is 10.2. The average Bonchev–Trinajstić information content (AvgIpc) is 2.49. The van der Waals surface area contributed by atoms with Gasteiger partial charge in [-0.1, -0.05) is 30.3 Å². The van der Waals surface area contributed by atoms with Crippen LogP contribution in [0.2, 0.25) is 0 Å². The van der Waals surface area contributed by atoms with Crippen molar-refractivity contribution in [2.75, 3.05) is 5.73 Å². The van der Waals surface area contributed by atoms with Gasteiger partial charge in [-0.3, -0.25) is 4.98 Å². The summed E-state index contributed by atoms with van der Waals surface area (Å²) in [5, 5.41) is 11.0. The number of nitrogen functional groups attached to an aromatic ring is 1. The van der Waals surface area contributed by atoms with Crippen molar-refractivity contribution in [3.63, 3.8) is 0 Å². The third-order valence-corrected chi connectivity index (χ3v) is 3.19. The maximum Gasteiger partial charge on any atom is 0.101 e. The summed E-state index contributed by atoms with van der Waals surface area (Å²) in [6.07, 6.45) is 3.44. The Bertz CT molecular complexity index is 786. The Balaban J connectivity index is 2.43. The number of nitriles is 1. The Hall–Kier alpha value is -2.86. The predicted molar refractivity (Wildman–Crippen MR) is 76.3 cm³/mol. The Kier molecular flexibility index (Phi) is 2.62. The zero-order chi connectivity index (χ0) is 13.2. The van der Waals surface area contributed by atoms with Crippen LogP contribution in [0.4, 0.5) is 5.69 Å². The molecule has 3 aromatic rings. The van der Waals surface area contributed by atoms with Crippen molar-refractivity contribution in [3.8, 4) is 17.2 Å². The summed E-state index contributed by atoms with van der Waals surface area (Å²) in [4.78, 5) is 4.09. The first kappa shape index (κ1) is 11.2. The number of pyridine rings is 1. The van der Waals surface area contributed by atoms with Crippen LogP contribution >= 0.6 is 0 Å². The molecule has 0 atom stereocenters. The first-order chi connectivity index (χ1) is 9.31. The van der Waals surface area contributed by atoms with E-state index in [1.54, 1.807) is 12.4 Å². The summed E-state index contributed by atoms with van der Waals surface area (Å²) >= 11 is 0. The summed E-state index contributed by atoms with van der Waals surface area (Å²) in [5.41, 5.74) is 9.06. The third kappa shape index (κ3) is 1.80. The normalized spacial score (nSPS) is 10.3. The zero-order valence-electron chi connectivity index (χ0n) is 10.2. The molecule has 0 bridgehead atoms. The molecule has 0 aliphatic rings. The van der Waals surface area contributed by atoms with Crippen LogP contribution in [0.15, 0.2) is 54.9 Å². The number of nitrogens with zero attached hydrogens (tertiary/aromatic N) is 2. The second-order valence-electron chi connectivity index (χ2n) is 4.28. The van der Waals surface area contributed by atoms with E-state index in [4.69, 9.17) is 5.73 Å². The van der Waals surface area contributed by atoms with Gasteiger partial charge in [-0.05, 0) is 28.6 Å². The highest BCUT2D eigenvalue weighted by Crippen LogP contribution is 2.33. The maximum atomic E-state index is 9.20. The van der Waals surface area contributed by atoms with Gasteiger partial charge in [0.1, 0.15) is 6.07 Å². The fourth-order valence-corrected chi connectivity index (χ4v) is 2.24. The standard InChI is InChI=1S/C16H11N3/c17-9-12-8-14(11-4-2-1-3-5-11)13-6-7-19-10-15(13)16(12)18/h1-8,10H,18H2. The lowest BCUT2D eigenvalue weighted by atomic mass is 9.95. The van der Waals surface area contributed by atoms with Crippen molar-refractivity contribution in [2.45, 2.75) is 0 Å². The van der Waals surface area contributed by atoms with E-state index in [0.29, 0.717) is 11.3 Å². The van der Waals surface area contributed by atoms with Crippen LogP contribution < -0.4 is 5.73 Å². The molecule has 0 radical (unpaired) electrons. The molecule has 19 heavy (non-hydrogen) atoms. The Morgan fingerprint density at radius 3 is 2.58 bits per heavy atom. The van der Waals surface area contributed by atoms with Crippen molar-refractivity contribution in [3.05, 3.63) is 60.4 Å². The number of rotatable bonds is 1. The summed E-state index contributed by atoms with van der Waals surface area (Å²) in [6, 6.07) is 15.9. The Morgan fingerprint density at radius 1 is 1.05 bits per heavy atom. The van der Waals surface area contributed by atoms with E-state index in [1.807, 2.05) is 42.5 Å². The van der Waals surface area contributed by atoms with Gasteiger partial charge < -0.3 is 5.73 Å². The number of fused-ring (bicyclic) bond motifs is 1. The summed E-state index contributed by atoms with van der Waals surface area (Å²) < 4.78 is 0. The lowest BCUT2D eigenvalue weighted by Gasteiger charge is -2.10. The molecular formula is C16H11N3. The number of hydrogen-bond donors (Lipinski definition) is 1. The molecule has 90 valence electrons. The fraction of sp³-hybridized carbons (Fsp3) is 0. The van der Waals surface area contributed by atoms with E-state index in [9.17, 15) is 5.26 Å². The Morgan fingerprint density at radius 2 is 1.84 bits per heavy atom. The molecule has 3 heteroatoms. The molecule has 0 aliphatic carbocycles. The van der Waals surface area contributed by atoms with Crippen molar-refractivity contribution >= 4 is 16.5 Å². The fourth-order valence-electron chi connectivity index (χ4n) is 2.24. The quantitative estimate of drug-likeness (QED) is 0.669. The average molecular weight is 245 g/mol. The van der Waals surface area contributed by atoms with Crippen molar-refractivity contribution < 1.29 is 0 Å². The number of hydrogen-bond acceptors (Lipinski definition) is 3. The number of nitrogens with two attached hydrogens (primary N) is 1. The first-order valence-corrected chi connectivity index (χ1v) is 5.93. The first-order valence-electron chi connectivity index (χ1n) is 5.93. The SMILES string of the molecule is N#Cc1cc(-c2ccccc2)c2ccncc2c1N. The molecule has 0 saturated heterocycles. The molecule has 0 amide bonds. The van der Waals surface area contributed by atoms with Gasteiger partial charge in [-0.15, -0.1) is 0 Å². The van der Waals surface area contributed by atoms with E-state index < -0.39 is 0 Å². The highest BCUT2D eigenvalue weighted by Gasteiger charge is 2.10. The summed E-state index contributed by atoms with van der Waals surface area (Å²) in [5.74, 6) is 0. The molecule has 0 aliphatic heterocycles. The van der Waals surface area contributed by atoms with Gasteiger partial charge in [0.05, 0.1) is 11.3 Å². The van der Waals surface area contributed by atoms with Crippen LogP contribution in [0.3, 0.4) is 0 Å². The number of benzene rings is 2. The van der Waals surface area contributed by atoms with Gasteiger partial charge in [-0.2, -0.15) is 5.26 Å². The van der Waals surface area contributed by atoms with Gasteiger partial charge in [0.15, 0.2) is 0 Å². The second-order valence-corrected chi connectivity index (χ2v) is 4.28. The maximum absolute atomic E-state index is 9.20. The topological polar surface area (TPSA) is 62.7 Å². The third-order valence-electron chi connectivity index (χ3n) is 3.19. The van der Waals surface area contributed by atoms with Gasteiger partial charge in [0, 0.05) is 17.8 Å². The smallest absolute Gasteiger partial charge is 0.101 e. The second kappa shape index (κ2) is 4.43. The van der Waals surface area contributed by atoms with Crippen LogP contribution in [-0.4, -0.2) is 4.98 Å². The molecule has 1 heterocycles. The molecule has 0 fully saturated rings. The van der Waals surface area contributed by atoms with Gasteiger partial charge >= 0.3 is 0 Å². The molecule has 0 spiro atoms. The van der Waals surface area contributed by atoms with Crippen LogP contribution in [0.25, 0.3) is 21.9 Å². The predicted octanol–water partition coefficient (Wildman–Crippen LogP) is 3.36. The lowest BCUT2D eigenvalue weighted by molar-refractivity contribution is 1.36. The van der Waals surface area contributed by atoms with Gasteiger partial charge in [0.25, 0.3) is 0 Å². The number of anilines is 1. The van der Waals surface area contributed by atoms with E-state index >= 15 is 0 Å². The summed E-state index contributed by atoms with van der Waals surface area (Å²) in [7, 11) is 0. The minimum atomic E-state index is 0.486.